The Kier molecular flexibility index (Phi) is 3.44. The quantitative estimate of drug-likeness (QED) is 0.847. The van der Waals surface area contributed by atoms with Crippen LogP contribution in [0.5, 0.6) is 0 Å². The molecule has 1 aromatic heterocycles. The highest BCUT2D eigenvalue weighted by molar-refractivity contribution is 6.33. The Hall–Kier alpha value is -1.88. The van der Waals surface area contributed by atoms with Crippen LogP contribution in [0.2, 0.25) is 5.02 Å². The zero-order chi connectivity index (χ0) is 14.1. The molecule has 3 N–H and O–H groups in total. The summed E-state index contributed by atoms with van der Waals surface area (Å²) in [5.74, 6) is 0.573. The van der Waals surface area contributed by atoms with Crippen LogP contribution in [0.1, 0.15) is 18.4 Å². The fraction of sp³-hybridized carbons (Fsp3) is 0.286. The predicted molar refractivity (Wildman–Crippen MR) is 78.3 cm³/mol. The molecule has 6 heteroatoms. The highest BCUT2D eigenvalue weighted by atomic mass is 35.5. The molecular weight excluding hydrogens is 279 g/mol. The highest BCUT2D eigenvalue weighted by Gasteiger charge is 2.18. The van der Waals surface area contributed by atoms with Crippen molar-refractivity contribution in [2.75, 3.05) is 17.6 Å². The Bertz CT molecular complexity index is 660. The van der Waals surface area contributed by atoms with E-state index in [4.69, 9.17) is 17.3 Å². The number of nitrogen functional groups attached to an aromatic ring is 1. The number of nitrogens with zero attached hydrogens (tertiary/aromatic N) is 2. The van der Waals surface area contributed by atoms with Gasteiger partial charge in [-0.1, -0.05) is 11.6 Å². The third-order valence-electron chi connectivity index (χ3n) is 3.36. The Labute approximate surface area is 121 Å². The minimum atomic E-state index is -0.370. The van der Waals surface area contributed by atoms with Crippen molar-refractivity contribution in [3.8, 4) is 11.3 Å². The van der Waals surface area contributed by atoms with Crippen LogP contribution in [0.15, 0.2) is 18.2 Å². The van der Waals surface area contributed by atoms with Crippen molar-refractivity contribution in [1.29, 1.82) is 0 Å². The molecule has 0 radical (unpaired) electrons. The Morgan fingerprint density at radius 1 is 1.25 bits per heavy atom. The van der Waals surface area contributed by atoms with E-state index < -0.39 is 0 Å². The van der Waals surface area contributed by atoms with E-state index in [1.165, 1.54) is 12.1 Å². The summed E-state index contributed by atoms with van der Waals surface area (Å²) in [5, 5.41) is 3.59. The number of fused-ring (bicyclic) bond motifs is 1. The second-order valence-corrected chi connectivity index (χ2v) is 5.17. The molecule has 20 heavy (non-hydrogen) atoms. The minimum absolute atomic E-state index is 0.188. The first-order chi connectivity index (χ1) is 9.65. The number of hydrogen-bond acceptors (Lipinski definition) is 4. The molecule has 0 spiro atoms. The lowest BCUT2D eigenvalue weighted by atomic mass is 10.0. The molecule has 0 saturated carbocycles. The zero-order valence-electron chi connectivity index (χ0n) is 10.8. The molecule has 0 bridgehead atoms. The molecule has 2 heterocycles. The number of nitrogens with two attached hydrogens (primary N) is 1. The van der Waals surface area contributed by atoms with Crippen molar-refractivity contribution in [2.45, 2.75) is 19.3 Å². The molecule has 1 aliphatic heterocycles. The number of anilines is 2. The maximum absolute atomic E-state index is 13.2. The van der Waals surface area contributed by atoms with Gasteiger partial charge in [0.05, 0.1) is 10.7 Å². The monoisotopic (exact) mass is 292 g/mol. The molecule has 0 fully saturated rings. The molecule has 4 nitrogen and oxygen atoms in total. The van der Waals surface area contributed by atoms with Crippen LogP contribution in [-0.2, 0) is 6.42 Å². The van der Waals surface area contributed by atoms with Crippen molar-refractivity contribution < 1.29 is 4.39 Å². The Balaban J connectivity index is 2.20. The molecular formula is C14H14ClFN4. The van der Waals surface area contributed by atoms with Gasteiger partial charge in [0.1, 0.15) is 11.6 Å². The molecule has 104 valence electrons. The Morgan fingerprint density at radius 2 is 2.10 bits per heavy atom. The number of aromatic nitrogens is 2. The van der Waals surface area contributed by atoms with E-state index in [2.05, 4.69) is 15.3 Å². The molecule has 3 rings (SSSR count). The number of halogens is 2. The summed E-state index contributed by atoms with van der Waals surface area (Å²) < 4.78 is 13.2. The van der Waals surface area contributed by atoms with E-state index in [0.29, 0.717) is 16.3 Å². The van der Waals surface area contributed by atoms with Gasteiger partial charge < -0.3 is 11.1 Å². The number of hydrogen-bond donors (Lipinski definition) is 2. The molecule has 0 aliphatic carbocycles. The van der Waals surface area contributed by atoms with Gasteiger partial charge in [0.25, 0.3) is 0 Å². The lowest BCUT2D eigenvalue weighted by Crippen LogP contribution is -2.08. The second kappa shape index (κ2) is 5.25. The van der Waals surface area contributed by atoms with E-state index in [-0.39, 0.29) is 11.8 Å². The standard InChI is InChI=1S/C14H14ClFN4/c15-11-7-8(16)4-5-9(11)12-10-3-1-2-6-18-13(10)20-14(17)19-12/h4-5,7H,1-3,6H2,(H3,17,18,19,20). The molecule has 0 saturated heterocycles. The number of nitrogens with one attached hydrogen (secondary N) is 1. The van der Waals surface area contributed by atoms with Gasteiger partial charge in [-0.15, -0.1) is 0 Å². The van der Waals surface area contributed by atoms with Crippen LogP contribution in [0, 0.1) is 5.82 Å². The average molecular weight is 293 g/mol. The van der Waals surface area contributed by atoms with Crippen LogP contribution < -0.4 is 11.1 Å². The van der Waals surface area contributed by atoms with Crippen LogP contribution in [0.3, 0.4) is 0 Å². The smallest absolute Gasteiger partial charge is 0.222 e. The zero-order valence-corrected chi connectivity index (χ0v) is 11.5. The molecule has 1 aliphatic rings. The van der Waals surface area contributed by atoms with Gasteiger partial charge >= 0.3 is 0 Å². The van der Waals surface area contributed by atoms with Gasteiger partial charge in [-0.05, 0) is 37.5 Å². The first-order valence-electron chi connectivity index (χ1n) is 6.51. The fourth-order valence-electron chi connectivity index (χ4n) is 2.42. The van der Waals surface area contributed by atoms with Crippen molar-refractivity contribution in [1.82, 2.24) is 9.97 Å². The third kappa shape index (κ3) is 2.41. The van der Waals surface area contributed by atoms with Crippen molar-refractivity contribution in [3.63, 3.8) is 0 Å². The van der Waals surface area contributed by atoms with E-state index in [1.807, 2.05) is 0 Å². The number of rotatable bonds is 1. The van der Waals surface area contributed by atoms with Crippen LogP contribution in [-0.4, -0.2) is 16.5 Å². The topological polar surface area (TPSA) is 63.8 Å². The largest absolute Gasteiger partial charge is 0.370 e. The first-order valence-corrected chi connectivity index (χ1v) is 6.88. The summed E-state index contributed by atoms with van der Waals surface area (Å²) in [6.07, 6.45) is 2.96. The van der Waals surface area contributed by atoms with Crippen molar-refractivity contribution in [2.24, 2.45) is 0 Å². The third-order valence-corrected chi connectivity index (χ3v) is 3.67. The maximum atomic E-state index is 13.2. The summed E-state index contributed by atoms with van der Waals surface area (Å²) >= 11 is 6.14. The van der Waals surface area contributed by atoms with E-state index in [1.54, 1.807) is 6.07 Å². The summed E-state index contributed by atoms with van der Waals surface area (Å²) in [6.45, 7) is 0.861. The maximum Gasteiger partial charge on any atom is 0.222 e. The average Bonchev–Trinajstić information content (AvgIpc) is 2.63. The fourth-order valence-corrected chi connectivity index (χ4v) is 2.68. The summed E-state index contributed by atoms with van der Waals surface area (Å²) in [4.78, 5) is 8.55. The predicted octanol–water partition coefficient (Wildman–Crippen LogP) is 3.27. The lowest BCUT2D eigenvalue weighted by molar-refractivity contribution is 0.628. The molecule has 0 amide bonds. The van der Waals surface area contributed by atoms with Gasteiger partial charge in [0.2, 0.25) is 5.95 Å². The van der Waals surface area contributed by atoms with Gasteiger partial charge in [0, 0.05) is 17.7 Å². The van der Waals surface area contributed by atoms with E-state index in [9.17, 15) is 4.39 Å². The first kappa shape index (κ1) is 13.1. The van der Waals surface area contributed by atoms with E-state index >= 15 is 0 Å². The number of benzene rings is 1. The summed E-state index contributed by atoms with van der Waals surface area (Å²) in [7, 11) is 0. The van der Waals surface area contributed by atoms with Crippen molar-refractivity contribution in [3.05, 3.63) is 34.6 Å². The summed E-state index contributed by atoms with van der Waals surface area (Å²) in [5.41, 5.74) is 8.13. The van der Waals surface area contributed by atoms with Gasteiger partial charge in [-0.3, -0.25) is 0 Å². The van der Waals surface area contributed by atoms with Gasteiger partial charge in [-0.2, -0.15) is 4.98 Å². The minimum Gasteiger partial charge on any atom is -0.370 e. The second-order valence-electron chi connectivity index (χ2n) is 4.77. The molecule has 0 unspecified atom stereocenters. The van der Waals surface area contributed by atoms with Gasteiger partial charge in [0.15, 0.2) is 0 Å². The van der Waals surface area contributed by atoms with Crippen LogP contribution in [0.25, 0.3) is 11.3 Å². The molecule has 1 aromatic carbocycles. The Morgan fingerprint density at radius 3 is 2.90 bits per heavy atom. The van der Waals surface area contributed by atoms with Crippen LogP contribution >= 0.6 is 11.6 Å². The molecule has 2 aromatic rings. The van der Waals surface area contributed by atoms with Crippen molar-refractivity contribution >= 4 is 23.4 Å². The lowest BCUT2D eigenvalue weighted by Gasteiger charge is -2.13. The highest BCUT2D eigenvalue weighted by Crippen LogP contribution is 2.34. The van der Waals surface area contributed by atoms with E-state index in [0.717, 1.165) is 37.2 Å². The SMILES string of the molecule is Nc1nc2c(c(-c3ccc(F)cc3Cl)n1)CCCCN2. The van der Waals surface area contributed by atoms with Gasteiger partial charge in [-0.25, -0.2) is 9.37 Å². The normalized spacial score (nSPS) is 14.3. The molecule has 0 atom stereocenters. The summed E-state index contributed by atoms with van der Waals surface area (Å²) in [6, 6.07) is 4.28. The van der Waals surface area contributed by atoms with Crippen LogP contribution in [0.4, 0.5) is 16.2 Å².